The minimum atomic E-state index is 0.197. The van der Waals surface area contributed by atoms with Crippen LogP contribution >= 0.6 is 11.6 Å². The molecular weight excluding hydrogens is 272 g/mol. The van der Waals surface area contributed by atoms with Gasteiger partial charge in [0.25, 0.3) is 0 Å². The van der Waals surface area contributed by atoms with Gasteiger partial charge in [-0.2, -0.15) is 0 Å². The molecule has 1 aromatic carbocycles. The molecule has 0 bridgehead atoms. The highest BCUT2D eigenvalue weighted by Gasteiger charge is 2.16. The average Bonchev–Trinajstić information content (AvgIpc) is 2.80. The smallest absolute Gasteiger partial charge is 0.103 e. The van der Waals surface area contributed by atoms with Crippen molar-refractivity contribution in [2.45, 2.75) is 40.2 Å². The zero-order chi connectivity index (χ0) is 14.7. The number of nitrogens with one attached hydrogen (secondary N) is 1. The van der Waals surface area contributed by atoms with Crippen LogP contribution in [0.15, 0.2) is 18.2 Å². The molecule has 1 N–H and O–H groups in total. The van der Waals surface area contributed by atoms with Crippen LogP contribution in [0.4, 0.5) is 0 Å². The molecule has 0 fully saturated rings. The van der Waals surface area contributed by atoms with E-state index in [-0.39, 0.29) is 6.04 Å². The van der Waals surface area contributed by atoms with E-state index >= 15 is 0 Å². The van der Waals surface area contributed by atoms with E-state index in [1.54, 1.807) is 0 Å². The van der Waals surface area contributed by atoms with Crippen molar-refractivity contribution in [1.82, 2.24) is 20.3 Å². The van der Waals surface area contributed by atoms with Crippen LogP contribution in [0.1, 0.15) is 43.3 Å². The summed E-state index contributed by atoms with van der Waals surface area (Å²) in [7, 11) is 0. The fourth-order valence-electron chi connectivity index (χ4n) is 2.24. The van der Waals surface area contributed by atoms with Crippen molar-refractivity contribution in [3.05, 3.63) is 40.2 Å². The zero-order valence-electron chi connectivity index (χ0n) is 12.4. The van der Waals surface area contributed by atoms with Gasteiger partial charge in [0.2, 0.25) is 0 Å². The van der Waals surface area contributed by atoms with Crippen LogP contribution in [0.5, 0.6) is 0 Å². The molecule has 4 nitrogen and oxygen atoms in total. The molecule has 0 amide bonds. The van der Waals surface area contributed by atoms with E-state index in [1.165, 1.54) is 0 Å². The summed E-state index contributed by atoms with van der Waals surface area (Å²) in [6, 6.07) is 6.01. The van der Waals surface area contributed by atoms with Crippen LogP contribution < -0.4 is 5.32 Å². The van der Waals surface area contributed by atoms with Crippen molar-refractivity contribution >= 4 is 11.6 Å². The van der Waals surface area contributed by atoms with Crippen LogP contribution in [-0.2, 0) is 0 Å². The summed E-state index contributed by atoms with van der Waals surface area (Å²) in [5, 5.41) is 12.8. The van der Waals surface area contributed by atoms with Gasteiger partial charge in [-0.1, -0.05) is 29.8 Å². The lowest BCUT2D eigenvalue weighted by Crippen LogP contribution is -2.20. The molecule has 20 heavy (non-hydrogen) atoms. The highest BCUT2D eigenvalue weighted by atomic mass is 35.5. The van der Waals surface area contributed by atoms with Crippen molar-refractivity contribution in [3.8, 4) is 5.69 Å². The Bertz CT molecular complexity index is 592. The SMILES string of the molecule is CCCNC(C)c1nnn(-c2cc(Cl)ccc2C)c1C. The monoisotopic (exact) mass is 292 g/mol. The fourth-order valence-corrected chi connectivity index (χ4v) is 2.40. The van der Waals surface area contributed by atoms with E-state index in [0.29, 0.717) is 5.02 Å². The summed E-state index contributed by atoms with van der Waals surface area (Å²) < 4.78 is 1.86. The first-order valence-corrected chi connectivity index (χ1v) is 7.34. The molecule has 0 radical (unpaired) electrons. The second kappa shape index (κ2) is 6.37. The van der Waals surface area contributed by atoms with Crippen LogP contribution in [0.25, 0.3) is 5.69 Å². The van der Waals surface area contributed by atoms with Crippen LogP contribution in [0.3, 0.4) is 0 Å². The van der Waals surface area contributed by atoms with E-state index in [1.807, 2.05) is 36.7 Å². The molecule has 5 heteroatoms. The van der Waals surface area contributed by atoms with E-state index in [4.69, 9.17) is 11.6 Å². The molecule has 2 rings (SSSR count). The second-order valence-corrected chi connectivity index (χ2v) is 5.51. The Hall–Kier alpha value is -1.39. The quantitative estimate of drug-likeness (QED) is 0.915. The Labute approximate surface area is 125 Å². The van der Waals surface area contributed by atoms with Gasteiger partial charge in [-0.25, -0.2) is 4.68 Å². The van der Waals surface area contributed by atoms with Gasteiger partial charge in [-0.15, -0.1) is 5.10 Å². The maximum atomic E-state index is 6.08. The number of hydrogen-bond donors (Lipinski definition) is 1. The molecule has 1 unspecified atom stereocenters. The Kier molecular flexibility index (Phi) is 4.78. The predicted octanol–water partition coefficient (Wildman–Crippen LogP) is 3.60. The normalized spacial score (nSPS) is 12.7. The summed E-state index contributed by atoms with van der Waals surface area (Å²) >= 11 is 6.08. The Balaban J connectivity index is 2.35. The number of aromatic nitrogens is 3. The molecule has 0 aliphatic heterocycles. The first kappa shape index (κ1) is 15.0. The molecule has 0 spiro atoms. The number of aryl methyl sites for hydroxylation is 1. The summed E-state index contributed by atoms with van der Waals surface area (Å²) in [5.41, 5.74) is 4.14. The summed E-state index contributed by atoms with van der Waals surface area (Å²) in [6.07, 6.45) is 1.10. The third-order valence-electron chi connectivity index (χ3n) is 3.44. The Morgan fingerprint density at radius 3 is 2.80 bits per heavy atom. The maximum Gasteiger partial charge on any atom is 0.103 e. The number of hydrogen-bond acceptors (Lipinski definition) is 3. The zero-order valence-corrected chi connectivity index (χ0v) is 13.2. The third kappa shape index (κ3) is 3.02. The molecule has 2 aromatic rings. The molecule has 0 saturated heterocycles. The van der Waals surface area contributed by atoms with Gasteiger partial charge in [0.05, 0.1) is 17.4 Å². The van der Waals surface area contributed by atoms with E-state index < -0.39 is 0 Å². The van der Waals surface area contributed by atoms with E-state index in [0.717, 1.165) is 35.6 Å². The highest BCUT2D eigenvalue weighted by Crippen LogP contribution is 2.22. The molecule has 1 heterocycles. The lowest BCUT2D eigenvalue weighted by Gasteiger charge is -2.12. The van der Waals surface area contributed by atoms with Gasteiger partial charge >= 0.3 is 0 Å². The third-order valence-corrected chi connectivity index (χ3v) is 3.68. The lowest BCUT2D eigenvalue weighted by molar-refractivity contribution is 0.555. The fraction of sp³-hybridized carbons (Fsp3) is 0.467. The Morgan fingerprint density at radius 1 is 1.35 bits per heavy atom. The van der Waals surface area contributed by atoms with Crippen LogP contribution in [0, 0.1) is 13.8 Å². The lowest BCUT2D eigenvalue weighted by atomic mass is 10.1. The van der Waals surface area contributed by atoms with Gasteiger partial charge in [0.15, 0.2) is 0 Å². The average molecular weight is 293 g/mol. The van der Waals surface area contributed by atoms with Gasteiger partial charge in [-0.3, -0.25) is 0 Å². The van der Waals surface area contributed by atoms with Gasteiger partial charge in [0.1, 0.15) is 5.69 Å². The first-order chi connectivity index (χ1) is 9.54. The largest absolute Gasteiger partial charge is 0.309 e. The number of benzene rings is 1. The minimum absolute atomic E-state index is 0.197. The molecule has 0 aliphatic rings. The van der Waals surface area contributed by atoms with Crippen LogP contribution in [-0.4, -0.2) is 21.5 Å². The second-order valence-electron chi connectivity index (χ2n) is 5.08. The van der Waals surface area contributed by atoms with E-state index in [2.05, 4.69) is 29.5 Å². The van der Waals surface area contributed by atoms with Crippen molar-refractivity contribution in [2.75, 3.05) is 6.54 Å². The van der Waals surface area contributed by atoms with Crippen molar-refractivity contribution in [3.63, 3.8) is 0 Å². The van der Waals surface area contributed by atoms with Gasteiger partial charge in [-0.05, 0) is 51.4 Å². The van der Waals surface area contributed by atoms with Crippen molar-refractivity contribution < 1.29 is 0 Å². The number of halogens is 1. The summed E-state index contributed by atoms with van der Waals surface area (Å²) in [5.74, 6) is 0. The number of nitrogens with zero attached hydrogens (tertiary/aromatic N) is 3. The highest BCUT2D eigenvalue weighted by molar-refractivity contribution is 6.30. The first-order valence-electron chi connectivity index (χ1n) is 6.96. The van der Waals surface area contributed by atoms with Gasteiger partial charge < -0.3 is 5.32 Å². The van der Waals surface area contributed by atoms with Crippen molar-refractivity contribution in [2.24, 2.45) is 0 Å². The molecule has 1 aromatic heterocycles. The molecule has 0 saturated carbocycles. The van der Waals surface area contributed by atoms with E-state index in [9.17, 15) is 0 Å². The number of rotatable bonds is 5. The minimum Gasteiger partial charge on any atom is -0.309 e. The Morgan fingerprint density at radius 2 is 2.10 bits per heavy atom. The maximum absolute atomic E-state index is 6.08. The van der Waals surface area contributed by atoms with Crippen LogP contribution in [0.2, 0.25) is 5.02 Å². The topological polar surface area (TPSA) is 42.7 Å². The molecule has 108 valence electrons. The van der Waals surface area contributed by atoms with Crippen molar-refractivity contribution in [1.29, 1.82) is 0 Å². The van der Waals surface area contributed by atoms with Gasteiger partial charge in [0, 0.05) is 5.02 Å². The standard InChI is InChI=1S/C15H21ClN4/c1-5-8-17-11(3)15-12(4)20(19-18-15)14-9-13(16)7-6-10(14)2/h6-7,9,11,17H,5,8H2,1-4H3. The molecule has 1 atom stereocenters. The predicted molar refractivity (Wildman–Crippen MR) is 82.6 cm³/mol. The summed E-state index contributed by atoms with van der Waals surface area (Å²) in [4.78, 5) is 0. The summed E-state index contributed by atoms with van der Waals surface area (Å²) in [6.45, 7) is 9.33. The molecule has 0 aliphatic carbocycles. The molecular formula is C15H21ClN4.